The molecule has 0 saturated carbocycles. The number of aromatic hydroxyl groups is 2. The number of hydrogen-bond acceptors (Lipinski definition) is 15. The zero-order chi connectivity index (χ0) is 30.3. The largest absolute Gasteiger partial charge is 0.504 e. The third-order valence-corrected chi connectivity index (χ3v) is 7.17. The number of aliphatic hydroxyl groups excluding tert-OH is 7. The molecule has 5 rings (SSSR count). The van der Waals surface area contributed by atoms with Crippen molar-refractivity contribution in [3.05, 3.63) is 52.7 Å². The standard InChI is InChI=1S/C27H30O15/c28-8-15-19(31)22(34)24(36)26(41-15)38-9-16-20(32)23(35)25(37)27(42-16)40-14-7-13-17(21(33)18(14)30)11(29)6-12(39-13)10-4-2-1-3-5-10/h1-7,15-16,19-20,22-28,30-37H,8-9H2. The lowest BCUT2D eigenvalue weighted by atomic mass is 9.98. The molecular weight excluding hydrogens is 564 g/mol. The van der Waals surface area contributed by atoms with Gasteiger partial charge in [-0.15, -0.1) is 0 Å². The SMILES string of the molecule is O=c1cc(-c2ccccc2)oc2cc(OC3OC(COC4OC(CO)C(O)C(O)C4O)C(O)C(O)C3O)c(O)c(O)c12. The Labute approximate surface area is 236 Å². The minimum absolute atomic E-state index is 0.155. The number of hydrogen-bond donors (Lipinski definition) is 9. The van der Waals surface area contributed by atoms with Gasteiger partial charge in [-0.1, -0.05) is 30.3 Å². The highest BCUT2D eigenvalue weighted by Crippen LogP contribution is 2.42. The molecular formula is C27H30O15. The van der Waals surface area contributed by atoms with Crippen LogP contribution in [0.15, 0.2) is 51.7 Å². The Morgan fingerprint density at radius 1 is 0.738 bits per heavy atom. The Bertz CT molecular complexity index is 1440. The minimum atomic E-state index is -1.89. The van der Waals surface area contributed by atoms with Crippen LogP contribution in [0, 0.1) is 0 Å². The molecule has 228 valence electrons. The maximum absolute atomic E-state index is 12.7. The molecule has 10 atom stereocenters. The zero-order valence-electron chi connectivity index (χ0n) is 21.7. The van der Waals surface area contributed by atoms with Gasteiger partial charge in [0.1, 0.15) is 65.6 Å². The molecule has 0 spiro atoms. The number of phenols is 2. The second kappa shape index (κ2) is 12.1. The van der Waals surface area contributed by atoms with Crippen molar-refractivity contribution in [3.63, 3.8) is 0 Å². The van der Waals surface area contributed by atoms with Gasteiger partial charge in [0.25, 0.3) is 0 Å². The molecule has 10 unspecified atom stereocenters. The first-order chi connectivity index (χ1) is 20.0. The van der Waals surface area contributed by atoms with Gasteiger partial charge in [0.05, 0.1) is 13.2 Å². The van der Waals surface area contributed by atoms with Crippen molar-refractivity contribution in [1.29, 1.82) is 0 Å². The van der Waals surface area contributed by atoms with E-state index in [0.29, 0.717) is 5.56 Å². The summed E-state index contributed by atoms with van der Waals surface area (Å²) >= 11 is 0. The van der Waals surface area contributed by atoms with Crippen molar-refractivity contribution < 1.29 is 69.3 Å². The van der Waals surface area contributed by atoms with Crippen LogP contribution in [0.4, 0.5) is 0 Å². The molecule has 0 amide bonds. The molecule has 2 aromatic carbocycles. The van der Waals surface area contributed by atoms with Gasteiger partial charge in [-0.05, 0) is 0 Å². The van der Waals surface area contributed by atoms with Crippen molar-refractivity contribution in [1.82, 2.24) is 0 Å². The first kappa shape index (κ1) is 30.1. The lowest BCUT2D eigenvalue weighted by molar-refractivity contribution is -0.323. The van der Waals surface area contributed by atoms with E-state index in [0.717, 1.165) is 12.1 Å². The summed E-state index contributed by atoms with van der Waals surface area (Å²) in [6.07, 6.45) is -16.7. The van der Waals surface area contributed by atoms with Gasteiger partial charge in [-0.3, -0.25) is 4.79 Å². The van der Waals surface area contributed by atoms with Gasteiger partial charge in [-0.2, -0.15) is 0 Å². The van der Waals surface area contributed by atoms with Gasteiger partial charge in [-0.25, -0.2) is 0 Å². The van der Waals surface area contributed by atoms with Crippen LogP contribution in [0.5, 0.6) is 17.2 Å². The van der Waals surface area contributed by atoms with Crippen LogP contribution >= 0.6 is 0 Å². The Kier molecular flexibility index (Phi) is 8.68. The molecule has 0 radical (unpaired) electrons. The molecule has 2 fully saturated rings. The fourth-order valence-electron chi connectivity index (χ4n) is 4.78. The highest BCUT2D eigenvalue weighted by atomic mass is 16.7. The monoisotopic (exact) mass is 594 g/mol. The predicted octanol–water partition coefficient (Wildman–Crippen LogP) is -2.13. The number of aliphatic hydroxyl groups is 7. The van der Waals surface area contributed by atoms with Crippen molar-refractivity contribution >= 4 is 11.0 Å². The molecule has 3 heterocycles. The van der Waals surface area contributed by atoms with Crippen LogP contribution in [0.1, 0.15) is 0 Å². The first-order valence-corrected chi connectivity index (χ1v) is 12.9. The van der Waals surface area contributed by atoms with E-state index in [2.05, 4.69) is 0 Å². The topological polar surface area (TPSA) is 249 Å². The van der Waals surface area contributed by atoms with Crippen molar-refractivity contribution in [3.8, 4) is 28.6 Å². The van der Waals surface area contributed by atoms with E-state index in [1.165, 1.54) is 0 Å². The summed E-state index contributed by atoms with van der Waals surface area (Å²) in [5.41, 5.74) is -0.288. The fourth-order valence-corrected chi connectivity index (χ4v) is 4.78. The first-order valence-electron chi connectivity index (χ1n) is 12.9. The molecule has 2 aliphatic heterocycles. The molecule has 3 aromatic rings. The van der Waals surface area contributed by atoms with Gasteiger partial charge >= 0.3 is 0 Å². The fraction of sp³-hybridized carbons (Fsp3) is 0.444. The Balaban J connectivity index is 1.37. The van der Waals surface area contributed by atoms with Gasteiger partial charge in [0.15, 0.2) is 23.2 Å². The number of rotatable bonds is 7. The average Bonchev–Trinajstić information content (AvgIpc) is 2.99. The quantitative estimate of drug-likeness (QED) is 0.133. The summed E-state index contributed by atoms with van der Waals surface area (Å²) in [5.74, 6) is -2.12. The molecule has 9 N–H and O–H groups in total. The van der Waals surface area contributed by atoms with Crippen LogP contribution in [0.2, 0.25) is 0 Å². The molecule has 0 bridgehead atoms. The second-order valence-electron chi connectivity index (χ2n) is 9.95. The molecule has 1 aromatic heterocycles. The van der Waals surface area contributed by atoms with Gasteiger partial charge in [0.2, 0.25) is 12.0 Å². The van der Waals surface area contributed by atoms with Crippen LogP contribution in [0.25, 0.3) is 22.3 Å². The smallest absolute Gasteiger partial charge is 0.229 e. The predicted molar refractivity (Wildman–Crippen MR) is 138 cm³/mol. The van der Waals surface area contributed by atoms with E-state index in [1.54, 1.807) is 30.3 Å². The lowest BCUT2D eigenvalue weighted by Gasteiger charge is -2.42. The molecule has 15 nitrogen and oxygen atoms in total. The lowest BCUT2D eigenvalue weighted by Crippen LogP contribution is -2.62. The number of fused-ring (bicyclic) bond motifs is 1. The molecule has 42 heavy (non-hydrogen) atoms. The van der Waals surface area contributed by atoms with E-state index in [9.17, 15) is 50.8 Å². The molecule has 15 heteroatoms. The highest BCUT2D eigenvalue weighted by Gasteiger charge is 2.48. The molecule has 0 aliphatic carbocycles. The molecule has 2 aliphatic rings. The van der Waals surface area contributed by atoms with E-state index < -0.39 is 97.3 Å². The minimum Gasteiger partial charge on any atom is -0.504 e. The summed E-state index contributed by atoms with van der Waals surface area (Å²) < 4.78 is 27.5. The van der Waals surface area contributed by atoms with Crippen LogP contribution in [-0.2, 0) is 14.2 Å². The maximum Gasteiger partial charge on any atom is 0.229 e. The Hall–Kier alpha value is -3.35. The van der Waals surface area contributed by atoms with Crippen LogP contribution in [-0.4, -0.2) is 121 Å². The number of benzene rings is 2. The second-order valence-corrected chi connectivity index (χ2v) is 9.95. The number of phenolic OH excluding ortho intramolecular Hbond substituents is 2. The zero-order valence-corrected chi connectivity index (χ0v) is 21.7. The number of ether oxygens (including phenoxy) is 4. The van der Waals surface area contributed by atoms with E-state index in [-0.39, 0.29) is 16.7 Å². The normalized spacial score (nSPS) is 33.5. The Morgan fingerprint density at radius 3 is 2.02 bits per heavy atom. The van der Waals surface area contributed by atoms with Crippen molar-refractivity contribution in [2.45, 2.75) is 61.4 Å². The van der Waals surface area contributed by atoms with E-state index >= 15 is 0 Å². The van der Waals surface area contributed by atoms with Gasteiger partial charge in [0, 0.05) is 17.7 Å². The average molecular weight is 595 g/mol. The van der Waals surface area contributed by atoms with Crippen molar-refractivity contribution in [2.75, 3.05) is 13.2 Å². The summed E-state index contributed by atoms with van der Waals surface area (Å²) in [7, 11) is 0. The maximum atomic E-state index is 12.7. The summed E-state index contributed by atoms with van der Waals surface area (Å²) in [6.45, 7) is -1.32. The summed E-state index contributed by atoms with van der Waals surface area (Å²) in [6, 6.07) is 10.8. The van der Waals surface area contributed by atoms with Crippen molar-refractivity contribution in [2.24, 2.45) is 0 Å². The van der Waals surface area contributed by atoms with Crippen LogP contribution < -0.4 is 10.2 Å². The third-order valence-electron chi connectivity index (χ3n) is 7.17. The summed E-state index contributed by atoms with van der Waals surface area (Å²) in [4.78, 5) is 12.7. The highest BCUT2D eigenvalue weighted by molar-refractivity contribution is 5.89. The summed E-state index contributed by atoms with van der Waals surface area (Å²) in [5, 5.41) is 91.6. The third kappa shape index (κ3) is 5.55. The molecule has 2 saturated heterocycles. The van der Waals surface area contributed by atoms with E-state index in [1.807, 2.05) is 0 Å². The van der Waals surface area contributed by atoms with Crippen LogP contribution in [0.3, 0.4) is 0 Å². The Morgan fingerprint density at radius 2 is 1.36 bits per heavy atom. The van der Waals surface area contributed by atoms with Gasteiger partial charge < -0.3 is 69.3 Å². The van der Waals surface area contributed by atoms with E-state index in [4.69, 9.17) is 23.4 Å².